The molecule has 0 unspecified atom stereocenters. The number of halogens is 1. The standard InChI is InChI=1S/C10H12BrN3O2S2/c1-13(2)18(15,16)9-4-12-14(6-9)5-8-3-10(11)17-7-8/h3-4,6-7H,5H2,1-2H3. The molecule has 0 aliphatic carbocycles. The molecule has 0 aromatic carbocycles. The predicted molar refractivity (Wildman–Crippen MR) is 74.2 cm³/mol. The van der Waals surface area contributed by atoms with E-state index in [0.717, 1.165) is 9.35 Å². The topological polar surface area (TPSA) is 55.2 Å². The van der Waals surface area contributed by atoms with Gasteiger partial charge in [-0.25, -0.2) is 12.7 Å². The van der Waals surface area contributed by atoms with E-state index in [-0.39, 0.29) is 4.90 Å². The summed E-state index contributed by atoms with van der Waals surface area (Å²) < 4.78 is 27.6. The van der Waals surface area contributed by atoms with Crippen molar-refractivity contribution < 1.29 is 8.42 Å². The van der Waals surface area contributed by atoms with E-state index in [1.54, 1.807) is 22.2 Å². The molecule has 0 amide bonds. The van der Waals surface area contributed by atoms with Crippen LogP contribution < -0.4 is 0 Å². The van der Waals surface area contributed by atoms with Crippen LogP contribution in [0.3, 0.4) is 0 Å². The first kappa shape index (κ1) is 13.7. The highest BCUT2D eigenvalue weighted by atomic mass is 79.9. The largest absolute Gasteiger partial charge is 0.267 e. The van der Waals surface area contributed by atoms with Crippen LogP contribution in [-0.2, 0) is 16.6 Å². The third kappa shape index (κ3) is 2.82. The molecule has 0 aliphatic rings. The summed E-state index contributed by atoms with van der Waals surface area (Å²) in [6.07, 6.45) is 2.91. The fraction of sp³-hybridized carbons (Fsp3) is 0.300. The molecule has 98 valence electrons. The van der Waals surface area contributed by atoms with E-state index in [2.05, 4.69) is 21.0 Å². The average Bonchev–Trinajstić information content (AvgIpc) is 2.88. The van der Waals surface area contributed by atoms with Gasteiger partial charge in [0, 0.05) is 20.3 Å². The zero-order chi connectivity index (χ0) is 13.3. The average molecular weight is 350 g/mol. The molecule has 8 heteroatoms. The van der Waals surface area contributed by atoms with Gasteiger partial charge in [0.25, 0.3) is 0 Å². The summed E-state index contributed by atoms with van der Waals surface area (Å²) >= 11 is 4.98. The van der Waals surface area contributed by atoms with E-state index in [1.165, 1.54) is 24.6 Å². The number of hydrogen-bond acceptors (Lipinski definition) is 4. The molecule has 2 heterocycles. The Morgan fingerprint density at radius 1 is 1.50 bits per heavy atom. The molecule has 0 N–H and O–H groups in total. The van der Waals surface area contributed by atoms with Gasteiger partial charge in [-0.15, -0.1) is 11.3 Å². The lowest BCUT2D eigenvalue weighted by atomic mass is 10.3. The van der Waals surface area contributed by atoms with Crippen LogP contribution in [0.15, 0.2) is 32.5 Å². The van der Waals surface area contributed by atoms with Crippen molar-refractivity contribution >= 4 is 37.3 Å². The number of rotatable bonds is 4. The summed E-state index contributed by atoms with van der Waals surface area (Å²) in [6.45, 7) is 0.561. The van der Waals surface area contributed by atoms with E-state index >= 15 is 0 Å². The summed E-state index contributed by atoms with van der Waals surface area (Å²) in [5.41, 5.74) is 1.09. The van der Waals surface area contributed by atoms with Gasteiger partial charge in [-0.05, 0) is 32.9 Å². The normalized spacial score (nSPS) is 12.2. The Labute approximate surface area is 118 Å². The molecule has 0 atom stereocenters. The first-order valence-corrected chi connectivity index (χ1v) is 8.19. The van der Waals surface area contributed by atoms with Crippen molar-refractivity contribution in [2.75, 3.05) is 14.1 Å². The van der Waals surface area contributed by atoms with E-state index in [0.29, 0.717) is 6.54 Å². The molecule has 0 radical (unpaired) electrons. The molecule has 0 spiro atoms. The maximum absolute atomic E-state index is 11.9. The van der Waals surface area contributed by atoms with Crippen molar-refractivity contribution in [3.05, 3.63) is 33.2 Å². The number of sulfonamides is 1. The Morgan fingerprint density at radius 3 is 2.78 bits per heavy atom. The summed E-state index contributed by atoms with van der Waals surface area (Å²) in [4.78, 5) is 0.210. The lowest BCUT2D eigenvalue weighted by Crippen LogP contribution is -2.21. The Bertz CT molecular complexity index is 646. The zero-order valence-electron chi connectivity index (χ0n) is 9.87. The van der Waals surface area contributed by atoms with Gasteiger partial charge in [0.2, 0.25) is 10.0 Å². The van der Waals surface area contributed by atoms with E-state index in [1.807, 2.05) is 11.4 Å². The third-order valence-electron chi connectivity index (χ3n) is 2.35. The van der Waals surface area contributed by atoms with Crippen molar-refractivity contribution in [2.24, 2.45) is 0 Å². The van der Waals surface area contributed by atoms with Gasteiger partial charge in [-0.3, -0.25) is 4.68 Å². The first-order valence-electron chi connectivity index (χ1n) is 5.07. The van der Waals surface area contributed by atoms with Gasteiger partial charge in [-0.1, -0.05) is 0 Å². The molecule has 0 aliphatic heterocycles. The van der Waals surface area contributed by atoms with Crippen LogP contribution in [0.4, 0.5) is 0 Å². The fourth-order valence-corrected chi connectivity index (χ4v) is 3.45. The third-order valence-corrected chi connectivity index (χ3v) is 5.68. The van der Waals surface area contributed by atoms with Crippen LogP contribution in [0.5, 0.6) is 0 Å². The highest BCUT2D eigenvalue weighted by Gasteiger charge is 2.19. The molecule has 18 heavy (non-hydrogen) atoms. The van der Waals surface area contributed by atoms with Gasteiger partial charge in [-0.2, -0.15) is 5.10 Å². The quantitative estimate of drug-likeness (QED) is 0.848. The molecular weight excluding hydrogens is 338 g/mol. The minimum Gasteiger partial charge on any atom is -0.267 e. The monoisotopic (exact) mass is 349 g/mol. The molecule has 0 fully saturated rings. The van der Waals surface area contributed by atoms with Gasteiger partial charge < -0.3 is 0 Å². The van der Waals surface area contributed by atoms with Crippen molar-refractivity contribution in [1.82, 2.24) is 14.1 Å². The van der Waals surface area contributed by atoms with Crippen LogP contribution in [0.2, 0.25) is 0 Å². The Kier molecular flexibility index (Phi) is 3.90. The van der Waals surface area contributed by atoms with E-state index in [4.69, 9.17) is 0 Å². The van der Waals surface area contributed by atoms with E-state index in [9.17, 15) is 8.42 Å². The van der Waals surface area contributed by atoms with Crippen LogP contribution in [0, 0.1) is 0 Å². The number of aromatic nitrogens is 2. The van der Waals surface area contributed by atoms with Gasteiger partial charge in [0.05, 0.1) is 16.5 Å². The summed E-state index contributed by atoms with van der Waals surface area (Å²) in [7, 11) is -0.395. The highest BCUT2D eigenvalue weighted by Crippen LogP contribution is 2.21. The lowest BCUT2D eigenvalue weighted by molar-refractivity contribution is 0.520. The molecule has 2 aromatic rings. The second-order valence-corrected chi connectivity index (χ2v) is 8.36. The van der Waals surface area contributed by atoms with Crippen LogP contribution in [0.25, 0.3) is 0 Å². The van der Waals surface area contributed by atoms with Gasteiger partial charge in [0.1, 0.15) is 4.90 Å². The molecular formula is C10H12BrN3O2S2. The first-order chi connectivity index (χ1) is 8.39. The summed E-state index contributed by atoms with van der Waals surface area (Å²) in [5, 5.41) is 6.08. The van der Waals surface area contributed by atoms with Crippen LogP contribution in [0.1, 0.15) is 5.56 Å². The number of hydrogen-bond donors (Lipinski definition) is 0. The number of nitrogens with zero attached hydrogens (tertiary/aromatic N) is 3. The van der Waals surface area contributed by atoms with E-state index < -0.39 is 10.0 Å². The fourth-order valence-electron chi connectivity index (χ4n) is 1.39. The molecule has 0 saturated heterocycles. The van der Waals surface area contributed by atoms with Crippen molar-refractivity contribution in [3.8, 4) is 0 Å². The lowest BCUT2D eigenvalue weighted by Gasteiger charge is -2.08. The Hall–Kier alpha value is -0.700. The van der Waals surface area contributed by atoms with Crippen LogP contribution >= 0.6 is 27.3 Å². The van der Waals surface area contributed by atoms with Crippen LogP contribution in [-0.4, -0.2) is 36.6 Å². The highest BCUT2D eigenvalue weighted by molar-refractivity contribution is 9.11. The number of thiophene rings is 1. The summed E-state index contributed by atoms with van der Waals surface area (Å²) in [5.74, 6) is 0. The predicted octanol–water partition coefficient (Wildman–Crippen LogP) is 2.01. The van der Waals surface area contributed by atoms with Crippen molar-refractivity contribution in [3.63, 3.8) is 0 Å². The summed E-state index contributed by atoms with van der Waals surface area (Å²) in [6, 6.07) is 1.99. The second kappa shape index (κ2) is 5.12. The minimum atomic E-state index is -3.40. The maximum atomic E-state index is 11.9. The molecule has 2 aromatic heterocycles. The maximum Gasteiger partial charge on any atom is 0.245 e. The Balaban J connectivity index is 2.21. The smallest absolute Gasteiger partial charge is 0.245 e. The SMILES string of the molecule is CN(C)S(=O)(=O)c1cnn(Cc2csc(Br)c2)c1. The molecule has 0 bridgehead atoms. The van der Waals surface area contributed by atoms with Gasteiger partial charge >= 0.3 is 0 Å². The molecule has 0 saturated carbocycles. The zero-order valence-corrected chi connectivity index (χ0v) is 13.1. The second-order valence-electron chi connectivity index (χ2n) is 3.92. The van der Waals surface area contributed by atoms with Gasteiger partial charge in [0.15, 0.2) is 0 Å². The molecule has 5 nitrogen and oxygen atoms in total. The molecule has 2 rings (SSSR count). The van der Waals surface area contributed by atoms with Crippen molar-refractivity contribution in [2.45, 2.75) is 11.4 Å². The minimum absolute atomic E-state index is 0.210. The van der Waals surface area contributed by atoms with Crippen molar-refractivity contribution in [1.29, 1.82) is 0 Å². The Morgan fingerprint density at radius 2 is 2.22 bits per heavy atom.